The molecule has 2 aliphatic heterocycles. The van der Waals surface area contributed by atoms with Crippen molar-refractivity contribution in [1.29, 1.82) is 0 Å². The van der Waals surface area contributed by atoms with E-state index in [1.54, 1.807) is 0 Å². The summed E-state index contributed by atoms with van der Waals surface area (Å²) in [5.41, 5.74) is 1.35. The van der Waals surface area contributed by atoms with Crippen LogP contribution in [-0.4, -0.2) is 31.1 Å². The monoisotopic (exact) mass is 324 g/mol. The third-order valence-corrected chi connectivity index (χ3v) is 4.75. The standard InChI is InChI=1S/C17H24N2O2.ClH/c1-17(2)8-5-9-18-15(17)11-19-16(20)14-10-12-6-3-4-7-13(12)21-14;/h3-4,6-7,14-15,18H,5,8-11H2,1-2H3,(H,19,20);1H. The van der Waals surface area contributed by atoms with Gasteiger partial charge in [0.1, 0.15) is 5.75 Å². The minimum Gasteiger partial charge on any atom is -0.480 e. The summed E-state index contributed by atoms with van der Waals surface area (Å²) in [6, 6.07) is 8.20. The van der Waals surface area contributed by atoms with Crippen molar-refractivity contribution >= 4 is 18.3 Å². The second-order valence-electron chi connectivity index (χ2n) is 6.76. The van der Waals surface area contributed by atoms with Crippen molar-refractivity contribution in [2.75, 3.05) is 13.1 Å². The van der Waals surface area contributed by atoms with Gasteiger partial charge in [-0.15, -0.1) is 12.4 Å². The Morgan fingerprint density at radius 1 is 1.41 bits per heavy atom. The Hall–Kier alpha value is -1.26. The van der Waals surface area contributed by atoms with Gasteiger partial charge in [-0.05, 0) is 36.4 Å². The van der Waals surface area contributed by atoms with E-state index < -0.39 is 0 Å². The molecule has 2 heterocycles. The van der Waals surface area contributed by atoms with Crippen molar-refractivity contribution in [1.82, 2.24) is 10.6 Å². The summed E-state index contributed by atoms with van der Waals surface area (Å²) in [4.78, 5) is 12.3. The molecule has 0 radical (unpaired) electrons. The zero-order chi connectivity index (χ0) is 14.9. The topological polar surface area (TPSA) is 50.4 Å². The normalized spacial score (nSPS) is 25.5. The second-order valence-corrected chi connectivity index (χ2v) is 6.76. The summed E-state index contributed by atoms with van der Waals surface area (Å²) in [6.07, 6.45) is 2.70. The van der Waals surface area contributed by atoms with Crippen LogP contribution in [0, 0.1) is 5.41 Å². The summed E-state index contributed by atoms with van der Waals surface area (Å²) < 4.78 is 5.73. The predicted molar refractivity (Wildman–Crippen MR) is 89.6 cm³/mol. The number of para-hydroxylation sites is 1. The molecule has 0 aliphatic carbocycles. The fourth-order valence-corrected chi connectivity index (χ4v) is 3.26. The first-order valence-electron chi connectivity index (χ1n) is 7.82. The van der Waals surface area contributed by atoms with Gasteiger partial charge >= 0.3 is 0 Å². The van der Waals surface area contributed by atoms with Crippen LogP contribution in [0.15, 0.2) is 24.3 Å². The molecule has 1 aromatic carbocycles. The summed E-state index contributed by atoms with van der Waals surface area (Å²) >= 11 is 0. The fourth-order valence-electron chi connectivity index (χ4n) is 3.26. The number of nitrogens with one attached hydrogen (secondary N) is 2. The lowest BCUT2D eigenvalue weighted by atomic mass is 9.77. The van der Waals surface area contributed by atoms with E-state index in [2.05, 4.69) is 24.5 Å². The summed E-state index contributed by atoms with van der Waals surface area (Å²) in [5.74, 6) is 0.836. The molecule has 0 bridgehead atoms. The maximum atomic E-state index is 12.3. The molecule has 2 aliphatic rings. The highest BCUT2D eigenvalue weighted by molar-refractivity contribution is 5.85. The van der Waals surface area contributed by atoms with E-state index in [0.717, 1.165) is 17.9 Å². The van der Waals surface area contributed by atoms with Crippen LogP contribution in [0.4, 0.5) is 0 Å². The quantitative estimate of drug-likeness (QED) is 0.897. The molecule has 1 aromatic rings. The molecule has 1 amide bonds. The third kappa shape index (κ3) is 3.55. The van der Waals surface area contributed by atoms with Gasteiger partial charge in [0, 0.05) is 19.0 Å². The molecule has 1 fully saturated rings. The zero-order valence-electron chi connectivity index (χ0n) is 13.2. The van der Waals surface area contributed by atoms with Crippen LogP contribution in [0.3, 0.4) is 0 Å². The minimum atomic E-state index is -0.380. The van der Waals surface area contributed by atoms with E-state index in [0.29, 0.717) is 19.0 Å². The number of halogens is 1. The molecule has 2 unspecified atom stereocenters. The summed E-state index contributed by atoms with van der Waals surface area (Å²) in [6.45, 7) is 6.23. The van der Waals surface area contributed by atoms with Crippen molar-refractivity contribution < 1.29 is 9.53 Å². The number of hydrogen-bond acceptors (Lipinski definition) is 3. The molecular weight excluding hydrogens is 300 g/mol. The Kier molecular flexibility index (Phi) is 5.35. The molecule has 0 spiro atoms. The molecule has 0 aromatic heterocycles. The van der Waals surface area contributed by atoms with Crippen LogP contribution < -0.4 is 15.4 Å². The van der Waals surface area contributed by atoms with Gasteiger partial charge in [-0.2, -0.15) is 0 Å². The number of carbonyl (C=O) groups is 1. The van der Waals surface area contributed by atoms with Crippen LogP contribution in [0.2, 0.25) is 0 Å². The number of carbonyl (C=O) groups excluding carboxylic acids is 1. The molecule has 122 valence electrons. The molecule has 4 nitrogen and oxygen atoms in total. The Morgan fingerprint density at radius 2 is 2.18 bits per heavy atom. The maximum Gasteiger partial charge on any atom is 0.261 e. The smallest absolute Gasteiger partial charge is 0.261 e. The van der Waals surface area contributed by atoms with Gasteiger partial charge in [0.2, 0.25) is 0 Å². The van der Waals surface area contributed by atoms with Crippen molar-refractivity contribution in [3.05, 3.63) is 29.8 Å². The highest BCUT2D eigenvalue weighted by Crippen LogP contribution is 2.30. The van der Waals surface area contributed by atoms with Gasteiger partial charge in [-0.3, -0.25) is 4.79 Å². The third-order valence-electron chi connectivity index (χ3n) is 4.75. The number of ether oxygens (including phenoxy) is 1. The lowest BCUT2D eigenvalue weighted by Gasteiger charge is -2.39. The number of rotatable bonds is 3. The van der Waals surface area contributed by atoms with Crippen molar-refractivity contribution in [2.45, 2.75) is 45.3 Å². The van der Waals surface area contributed by atoms with Gasteiger partial charge in [0.25, 0.3) is 5.91 Å². The zero-order valence-corrected chi connectivity index (χ0v) is 14.0. The van der Waals surface area contributed by atoms with E-state index in [1.807, 2.05) is 24.3 Å². The lowest BCUT2D eigenvalue weighted by molar-refractivity contribution is -0.127. The molecule has 2 atom stereocenters. The van der Waals surface area contributed by atoms with Crippen LogP contribution in [0.1, 0.15) is 32.3 Å². The van der Waals surface area contributed by atoms with Gasteiger partial charge in [-0.1, -0.05) is 32.0 Å². The van der Waals surface area contributed by atoms with Crippen LogP contribution in [0.25, 0.3) is 0 Å². The predicted octanol–water partition coefficient (Wildman–Crippen LogP) is 2.31. The van der Waals surface area contributed by atoms with Crippen molar-refractivity contribution in [3.8, 4) is 5.75 Å². The molecule has 5 heteroatoms. The Labute approximate surface area is 138 Å². The average Bonchev–Trinajstić information content (AvgIpc) is 2.89. The van der Waals surface area contributed by atoms with Crippen LogP contribution in [-0.2, 0) is 11.2 Å². The van der Waals surface area contributed by atoms with E-state index in [-0.39, 0.29) is 29.8 Å². The average molecular weight is 325 g/mol. The first kappa shape index (κ1) is 17.1. The fraction of sp³-hybridized carbons (Fsp3) is 0.588. The number of fused-ring (bicyclic) bond motifs is 1. The molecule has 3 rings (SSSR count). The molecule has 2 N–H and O–H groups in total. The number of benzene rings is 1. The Balaban J connectivity index is 0.00000176. The molecule has 22 heavy (non-hydrogen) atoms. The van der Waals surface area contributed by atoms with Crippen LogP contribution in [0.5, 0.6) is 5.75 Å². The largest absolute Gasteiger partial charge is 0.480 e. The Morgan fingerprint density at radius 3 is 2.91 bits per heavy atom. The number of amides is 1. The molecule has 1 saturated heterocycles. The van der Waals surface area contributed by atoms with E-state index in [9.17, 15) is 4.79 Å². The van der Waals surface area contributed by atoms with E-state index in [4.69, 9.17) is 4.74 Å². The maximum absolute atomic E-state index is 12.3. The van der Waals surface area contributed by atoms with Gasteiger partial charge in [0.15, 0.2) is 6.10 Å². The van der Waals surface area contributed by atoms with Gasteiger partial charge < -0.3 is 15.4 Å². The highest BCUT2D eigenvalue weighted by Gasteiger charge is 2.34. The highest BCUT2D eigenvalue weighted by atomic mass is 35.5. The van der Waals surface area contributed by atoms with Crippen molar-refractivity contribution in [3.63, 3.8) is 0 Å². The van der Waals surface area contributed by atoms with E-state index >= 15 is 0 Å². The SMILES string of the molecule is CC1(C)CCCNC1CNC(=O)C1Cc2ccccc2O1.Cl. The van der Waals surface area contributed by atoms with Crippen LogP contribution >= 0.6 is 12.4 Å². The minimum absolute atomic E-state index is 0. The first-order valence-corrected chi connectivity index (χ1v) is 7.82. The van der Waals surface area contributed by atoms with Gasteiger partial charge in [-0.25, -0.2) is 0 Å². The van der Waals surface area contributed by atoms with Gasteiger partial charge in [0.05, 0.1) is 0 Å². The summed E-state index contributed by atoms with van der Waals surface area (Å²) in [5, 5.41) is 6.58. The number of hydrogen-bond donors (Lipinski definition) is 2. The molecule has 0 saturated carbocycles. The lowest BCUT2D eigenvalue weighted by Crippen LogP contribution is -2.54. The first-order chi connectivity index (χ1) is 10.1. The Bertz CT molecular complexity index is 508. The molecular formula is C17H25ClN2O2. The van der Waals surface area contributed by atoms with Crippen molar-refractivity contribution in [2.24, 2.45) is 5.41 Å². The van der Waals surface area contributed by atoms with E-state index in [1.165, 1.54) is 12.8 Å². The summed E-state index contributed by atoms with van der Waals surface area (Å²) in [7, 11) is 0. The number of piperidine rings is 1. The second kappa shape index (κ2) is 6.88.